The summed E-state index contributed by atoms with van der Waals surface area (Å²) >= 11 is 0. The topological polar surface area (TPSA) is 6.48 Å². The molecule has 0 saturated heterocycles. The highest BCUT2D eigenvalue weighted by Gasteiger charge is 2.44. The van der Waals surface area contributed by atoms with Gasteiger partial charge in [0.05, 0.1) is 6.16 Å². The zero-order chi connectivity index (χ0) is 23.6. The van der Waals surface area contributed by atoms with Crippen LogP contribution in [0.1, 0.15) is 5.56 Å². The first-order valence-electron chi connectivity index (χ1n) is 12.1. The summed E-state index contributed by atoms with van der Waals surface area (Å²) in [6.07, 6.45) is 1.13. The average molecular weight is 468 g/mol. The second-order valence-corrected chi connectivity index (χ2v) is 12.7. The maximum atomic E-state index is 2.51. The van der Waals surface area contributed by atoms with E-state index in [1.165, 1.54) is 21.5 Å². The molecule has 0 atom stereocenters. The molecule has 0 amide bonds. The number of benzene rings is 4. The highest BCUT2D eigenvalue weighted by molar-refractivity contribution is 7.95. The molecule has 4 rings (SSSR count). The Balaban J connectivity index is 1.53. The van der Waals surface area contributed by atoms with Gasteiger partial charge in [-0.3, -0.25) is 0 Å². The van der Waals surface area contributed by atoms with Crippen molar-refractivity contribution < 1.29 is 0 Å². The van der Waals surface area contributed by atoms with E-state index in [2.05, 4.69) is 145 Å². The molecular weight excluding hydrogens is 431 g/mol. The van der Waals surface area contributed by atoms with Gasteiger partial charge in [0.1, 0.15) is 23.2 Å². The number of hydrogen-bond donors (Lipinski definition) is 0. The van der Waals surface area contributed by atoms with Crippen molar-refractivity contribution in [3.63, 3.8) is 0 Å². The Labute approximate surface area is 206 Å². The average Bonchev–Trinajstić information content (AvgIpc) is 2.90. The second kappa shape index (κ2) is 12.1. The van der Waals surface area contributed by atoms with Crippen molar-refractivity contribution in [2.45, 2.75) is 6.54 Å². The van der Waals surface area contributed by atoms with E-state index in [-0.39, 0.29) is 0 Å². The van der Waals surface area contributed by atoms with E-state index in [1.807, 2.05) is 0 Å². The van der Waals surface area contributed by atoms with E-state index >= 15 is 0 Å². The summed E-state index contributed by atoms with van der Waals surface area (Å²) in [5, 5.41) is 4.38. The number of nitrogens with zero attached hydrogens (tertiary/aromatic N) is 2. The van der Waals surface area contributed by atoms with E-state index in [4.69, 9.17) is 0 Å². The minimum absolute atomic E-state index is 0.990. The smallest absolute Gasteiger partial charge is 0.113 e. The normalized spacial score (nSPS) is 11.8. The maximum absolute atomic E-state index is 2.51. The molecular formula is C31H36N2P+. The fourth-order valence-corrected chi connectivity index (χ4v) is 8.98. The maximum Gasteiger partial charge on any atom is 0.113 e. The van der Waals surface area contributed by atoms with Gasteiger partial charge < -0.3 is 9.80 Å². The molecule has 0 spiro atoms. The molecule has 0 bridgehead atoms. The van der Waals surface area contributed by atoms with E-state index in [9.17, 15) is 0 Å². The summed E-state index contributed by atoms with van der Waals surface area (Å²) in [7, 11) is 2.72. The molecule has 2 nitrogen and oxygen atoms in total. The fraction of sp³-hybridized carbons (Fsp3) is 0.226. The Kier molecular flexibility index (Phi) is 8.66. The zero-order valence-electron chi connectivity index (χ0n) is 20.4. The van der Waals surface area contributed by atoms with Gasteiger partial charge in [-0.15, -0.1) is 0 Å². The summed E-state index contributed by atoms with van der Waals surface area (Å²) in [4.78, 5) is 4.92. The van der Waals surface area contributed by atoms with Crippen LogP contribution in [0.15, 0.2) is 121 Å². The van der Waals surface area contributed by atoms with Crippen molar-refractivity contribution in [3.05, 3.63) is 127 Å². The summed E-state index contributed by atoms with van der Waals surface area (Å²) in [6.45, 7) is 4.16. The molecule has 0 unspecified atom stereocenters. The van der Waals surface area contributed by atoms with Crippen molar-refractivity contribution in [2.75, 3.05) is 39.9 Å². The quantitative estimate of drug-likeness (QED) is 0.285. The van der Waals surface area contributed by atoms with Gasteiger partial charge in [-0.2, -0.15) is 0 Å². The Bertz CT molecular complexity index is 1000. The number of likely N-dealkylation sites (N-methyl/N-ethyl adjacent to an activating group) is 2. The van der Waals surface area contributed by atoms with Crippen molar-refractivity contribution in [1.29, 1.82) is 0 Å². The molecule has 0 radical (unpaired) electrons. The lowest BCUT2D eigenvalue weighted by Gasteiger charge is -2.30. The zero-order valence-corrected chi connectivity index (χ0v) is 21.3. The van der Waals surface area contributed by atoms with Gasteiger partial charge in [-0.25, -0.2) is 0 Å². The lowest BCUT2D eigenvalue weighted by molar-refractivity contribution is 0.259. The Hall–Kier alpha value is -2.77. The lowest BCUT2D eigenvalue weighted by Crippen LogP contribution is -2.38. The van der Waals surface area contributed by atoms with E-state index in [0.717, 1.165) is 32.3 Å². The molecule has 0 heterocycles. The lowest BCUT2D eigenvalue weighted by atomic mass is 10.2. The highest BCUT2D eigenvalue weighted by atomic mass is 31.2. The molecule has 0 saturated carbocycles. The first-order valence-corrected chi connectivity index (χ1v) is 14.1. The largest absolute Gasteiger partial charge is 0.301 e. The molecule has 3 heteroatoms. The van der Waals surface area contributed by atoms with E-state index < -0.39 is 7.26 Å². The van der Waals surface area contributed by atoms with Crippen molar-refractivity contribution in [2.24, 2.45) is 0 Å². The van der Waals surface area contributed by atoms with Crippen molar-refractivity contribution in [3.8, 4) is 0 Å². The molecule has 0 fully saturated rings. The van der Waals surface area contributed by atoms with Crippen LogP contribution in [-0.4, -0.2) is 49.7 Å². The summed E-state index contributed by atoms with van der Waals surface area (Å²) in [6, 6.07) is 44.3. The van der Waals surface area contributed by atoms with Crippen molar-refractivity contribution in [1.82, 2.24) is 9.80 Å². The van der Waals surface area contributed by atoms with Crippen LogP contribution in [0.5, 0.6) is 0 Å². The van der Waals surface area contributed by atoms with Crippen molar-refractivity contribution >= 4 is 23.2 Å². The van der Waals surface area contributed by atoms with E-state index in [0.29, 0.717) is 0 Å². The van der Waals surface area contributed by atoms with Gasteiger partial charge in [-0.05, 0) is 56.1 Å². The van der Waals surface area contributed by atoms with Crippen LogP contribution in [0.4, 0.5) is 0 Å². The molecule has 4 aromatic rings. The van der Waals surface area contributed by atoms with Gasteiger partial charge in [0.2, 0.25) is 0 Å². The molecule has 0 aliphatic rings. The molecule has 174 valence electrons. The summed E-state index contributed by atoms with van der Waals surface area (Å²) in [5.74, 6) is 0. The molecule has 4 aromatic carbocycles. The van der Waals surface area contributed by atoms with Crippen LogP contribution in [0.2, 0.25) is 0 Å². The van der Waals surface area contributed by atoms with Crippen LogP contribution in [0, 0.1) is 0 Å². The van der Waals surface area contributed by atoms with Gasteiger partial charge >= 0.3 is 0 Å². The monoisotopic (exact) mass is 467 g/mol. The van der Waals surface area contributed by atoms with Crippen LogP contribution in [0.25, 0.3) is 0 Å². The number of hydrogen-bond acceptors (Lipinski definition) is 2. The Morgan fingerprint density at radius 1 is 0.471 bits per heavy atom. The SMILES string of the molecule is CN(CCN(C)Cc1ccccc1)CC[P+](c1ccccc1)(c1ccccc1)c1ccccc1. The van der Waals surface area contributed by atoms with Crippen LogP contribution >= 0.6 is 7.26 Å². The third kappa shape index (κ3) is 6.02. The van der Waals surface area contributed by atoms with E-state index in [1.54, 1.807) is 0 Å². The predicted octanol–water partition coefficient (Wildman–Crippen LogP) is 5.04. The second-order valence-electron chi connectivity index (χ2n) is 9.07. The first-order chi connectivity index (χ1) is 16.7. The van der Waals surface area contributed by atoms with Gasteiger partial charge in [0.25, 0.3) is 0 Å². The summed E-state index contributed by atoms with van der Waals surface area (Å²) in [5.41, 5.74) is 1.37. The van der Waals surface area contributed by atoms with Gasteiger partial charge in [0, 0.05) is 26.2 Å². The molecule has 0 aliphatic heterocycles. The fourth-order valence-electron chi connectivity index (χ4n) is 4.63. The van der Waals surface area contributed by atoms with Crippen LogP contribution in [-0.2, 0) is 6.54 Å². The first kappa shape index (κ1) is 24.4. The standard InChI is InChI=1S/C31H36N2P/c1-32(23-24-33(2)27-28-15-7-3-8-16-28)25-26-34(29-17-9-4-10-18-29,30-19-11-5-12-20-30)31-21-13-6-14-22-31/h3-22H,23-27H2,1-2H3/q+1. The molecule has 0 aliphatic carbocycles. The minimum atomic E-state index is -1.76. The Morgan fingerprint density at radius 3 is 1.29 bits per heavy atom. The molecule has 0 N–H and O–H groups in total. The Morgan fingerprint density at radius 2 is 0.853 bits per heavy atom. The number of rotatable bonds is 11. The minimum Gasteiger partial charge on any atom is -0.301 e. The summed E-state index contributed by atoms with van der Waals surface area (Å²) < 4.78 is 0. The third-order valence-corrected chi connectivity index (χ3v) is 11.0. The highest BCUT2D eigenvalue weighted by Crippen LogP contribution is 2.55. The molecule has 34 heavy (non-hydrogen) atoms. The predicted molar refractivity (Wildman–Crippen MR) is 150 cm³/mol. The van der Waals surface area contributed by atoms with Gasteiger partial charge in [-0.1, -0.05) is 84.9 Å². The van der Waals surface area contributed by atoms with Crippen LogP contribution in [0.3, 0.4) is 0 Å². The van der Waals surface area contributed by atoms with Gasteiger partial charge in [0.15, 0.2) is 0 Å². The van der Waals surface area contributed by atoms with Crippen LogP contribution < -0.4 is 15.9 Å². The third-order valence-electron chi connectivity index (χ3n) is 6.57. The molecule has 0 aromatic heterocycles.